The molecule has 0 saturated heterocycles. The Morgan fingerprint density at radius 1 is 1.35 bits per heavy atom. The van der Waals surface area contributed by atoms with Gasteiger partial charge in [0.05, 0.1) is 24.6 Å². The van der Waals surface area contributed by atoms with E-state index in [2.05, 4.69) is 5.32 Å². The molecule has 0 aromatic heterocycles. The molecule has 0 unspecified atom stereocenters. The van der Waals surface area contributed by atoms with Gasteiger partial charge in [-0.3, -0.25) is 9.59 Å². The first kappa shape index (κ1) is 14.7. The van der Waals surface area contributed by atoms with Gasteiger partial charge in [-0.2, -0.15) is 0 Å². The summed E-state index contributed by atoms with van der Waals surface area (Å²) in [6, 6.07) is 4.87. The van der Waals surface area contributed by atoms with Crippen LogP contribution in [0.5, 0.6) is 5.75 Å². The minimum Gasteiger partial charge on any atom is -0.495 e. The number of anilines is 1. The van der Waals surface area contributed by atoms with Gasteiger partial charge in [0.15, 0.2) is 0 Å². The first-order valence-electron chi connectivity index (χ1n) is 6.16. The van der Waals surface area contributed by atoms with Crippen LogP contribution in [0.25, 0.3) is 0 Å². The zero-order valence-electron chi connectivity index (χ0n) is 11.4. The maximum absolute atomic E-state index is 12.2. The van der Waals surface area contributed by atoms with Crippen molar-refractivity contribution in [1.82, 2.24) is 0 Å². The number of ether oxygens (including phenoxy) is 1. The molecular weight excluding hydrogens is 282 g/mol. The van der Waals surface area contributed by atoms with Crippen LogP contribution in [0.1, 0.15) is 13.8 Å². The molecule has 0 radical (unpaired) electrons. The second-order valence-electron chi connectivity index (χ2n) is 5.45. The summed E-state index contributed by atoms with van der Waals surface area (Å²) >= 11 is 5.89. The van der Waals surface area contributed by atoms with Crippen LogP contribution in [-0.2, 0) is 9.59 Å². The maximum Gasteiger partial charge on any atom is 0.307 e. The molecule has 1 aromatic carbocycles. The smallest absolute Gasteiger partial charge is 0.307 e. The molecule has 0 aliphatic heterocycles. The van der Waals surface area contributed by atoms with Crippen LogP contribution in [-0.4, -0.2) is 24.1 Å². The Bertz CT molecular complexity index is 570. The van der Waals surface area contributed by atoms with Crippen LogP contribution in [0.15, 0.2) is 18.2 Å². The summed E-state index contributed by atoms with van der Waals surface area (Å²) in [6.07, 6.45) is 0. The topological polar surface area (TPSA) is 75.6 Å². The van der Waals surface area contributed by atoms with E-state index in [1.165, 1.54) is 7.11 Å². The van der Waals surface area contributed by atoms with E-state index < -0.39 is 23.2 Å². The minimum absolute atomic E-state index is 0.331. The third-order valence-electron chi connectivity index (χ3n) is 3.80. The Morgan fingerprint density at radius 3 is 2.50 bits per heavy atom. The number of benzene rings is 1. The molecule has 0 heterocycles. The standard InChI is InChI=1S/C14H16ClNO4/c1-14(2)10(11(14)13(18)19)12(17)16-8-6-7(15)4-5-9(8)20-3/h4-6,10-11H,1-3H3,(H,16,17)(H,18,19)/t10-,11+/m0/s1. The van der Waals surface area contributed by atoms with Gasteiger partial charge in [-0.1, -0.05) is 25.4 Å². The third kappa shape index (κ3) is 2.45. The average Bonchev–Trinajstić information content (AvgIpc) is 2.93. The Morgan fingerprint density at radius 2 is 2.00 bits per heavy atom. The van der Waals surface area contributed by atoms with Crippen molar-refractivity contribution < 1.29 is 19.4 Å². The highest BCUT2D eigenvalue weighted by molar-refractivity contribution is 6.31. The van der Waals surface area contributed by atoms with Crippen molar-refractivity contribution in [1.29, 1.82) is 0 Å². The number of nitrogens with one attached hydrogen (secondary N) is 1. The molecule has 1 amide bonds. The van der Waals surface area contributed by atoms with E-state index in [1.807, 2.05) is 0 Å². The molecular formula is C14H16ClNO4. The lowest BCUT2D eigenvalue weighted by Crippen LogP contribution is -2.18. The predicted molar refractivity (Wildman–Crippen MR) is 75.0 cm³/mol. The molecule has 1 aliphatic carbocycles. The number of hydrogen-bond donors (Lipinski definition) is 2. The van der Waals surface area contributed by atoms with E-state index in [9.17, 15) is 9.59 Å². The fourth-order valence-corrected chi connectivity index (χ4v) is 2.75. The Labute approximate surface area is 121 Å². The van der Waals surface area contributed by atoms with Gasteiger partial charge in [0, 0.05) is 5.02 Å². The van der Waals surface area contributed by atoms with Crippen LogP contribution in [0.4, 0.5) is 5.69 Å². The molecule has 2 N–H and O–H groups in total. The summed E-state index contributed by atoms with van der Waals surface area (Å²) in [5, 5.41) is 12.3. The number of carboxylic acids is 1. The molecule has 20 heavy (non-hydrogen) atoms. The largest absolute Gasteiger partial charge is 0.495 e. The lowest BCUT2D eigenvalue weighted by molar-refractivity contribution is -0.140. The summed E-state index contributed by atoms with van der Waals surface area (Å²) in [5.41, 5.74) is -0.0984. The van der Waals surface area contributed by atoms with E-state index in [-0.39, 0.29) is 5.91 Å². The first-order valence-corrected chi connectivity index (χ1v) is 6.54. The zero-order valence-corrected chi connectivity index (χ0v) is 12.2. The van der Waals surface area contributed by atoms with E-state index in [4.69, 9.17) is 21.4 Å². The van der Waals surface area contributed by atoms with Crippen molar-refractivity contribution in [2.24, 2.45) is 17.3 Å². The van der Waals surface area contributed by atoms with E-state index in [1.54, 1.807) is 32.0 Å². The fourth-order valence-electron chi connectivity index (χ4n) is 2.58. The van der Waals surface area contributed by atoms with Crippen molar-refractivity contribution in [3.05, 3.63) is 23.2 Å². The molecule has 6 heteroatoms. The first-order chi connectivity index (χ1) is 9.28. The van der Waals surface area contributed by atoms with Gasteiger partial charge < -0.3 is 15.2 Å². The van der Waals surface area contributed by atoms with Crippen molar-refractivity contribution in [3.63, 3.8) is 0 Å². The number of carbonyl (C=O) groups is 2. The number of methoxy groups -OCH3 is 1. The number of carbonyl (C=O) groups excluding carboxylic acids is 1. The Balaban J connectivity index is 2.18. The molecule has 1 fully saturated rings. The van der Waals surface area contributed by atoms with Crippen LogP contribution >= 0.6 is 11.6 Å². The van der Waals surface area contributed by atoms with Gasteiger partial charge in [0.2, 0.25) is 5.91 Å². The highest BCUT2D eigenvalue weighted by atomic mass is 35.5. The maximum atomic E-state index is 12.2. The number of carboxylic acid groups (broad SMARTS) is 1. The lowest BCUT2D eigenvalue weighted by atomic mass is 10.1. The van der Waals surface area contributed by atoms with Crippen molar-refractivity contribution in [2.45, 2.75) is 13.8 Å². The highest BCUT2D eigenvalue weighted by Crippen LogP contribution is 2.58. The van der Waals surface area contributed by atoms with E-state index in [0.717, 1.165) is 0 Å². The molecule has 5 nitrogen and oxygen atoms in total. The monoisotopic (exact) mass is 297 g/mol. The molecule has 1 saturated carbocycles. The number of hydrogen-bond acceptors (Lipinski definition) is 3. The van der Waals surface area contributed by atoms with Crippen LogP contribution in [0.3, 0.4) is 0 Å². The molecule has 1 aromatic rings. The predicted octanol–water partition coefficient (Wildman–Crippen LogP) is 2.64. The van der Waals surface area contributed by atoms with Crippen LogP contribution < -0.4 is 10.1 Å². The molecule has 108 valence electrons. The summed E-state index contributed by atoms with van der Waals surface area (Å²) in [4.78, 5) is 23.3. The van der Waals surface area contributed by atoms with E-state index in [0.29, 0.717) is 16.5 Å². The Hall–Kier alpha value is -1.75. The van der Waals surface area contributed by atoms with Crippen molar-refractivity contribution >= 4 is 29.2 Å². The van der Waals surface area contributed by atoms with E-state index >= 15 is 0 Å². The summed E-state index contributed by atoms with van der Waals surface area (Å²) in [6.45, 7) is 3.54. The molecule has 0 bridgehead atoms. The second-order valence-corrected chi connectivity index (χ2v) is 5.89. The Kier molecular flexibility index (Phi) is 3.65. The van der Waals surface area contributed by atoms with Crippen LogP contribution in [0, 0.1) is 17.3 Å². The SMILES string of the molecule is COc1ccc(Cl)cc1NC(=O)[C@@H]1[C@H](C(=O)O)C1(C)C. The van der Waals surface area contributed by atoms with Crippen LogP contribution in [0.2, 0.25) is 5.02 Å². The average molecular weight is 298 g/mol. The quantitative estimate of drug-likeness (QED) is 0.896. The number of rotatable bonds is 4. The number of aliphatic carboxylic acids is 1. The molecule has 0 spiro atoms. The molecule has 2 atom stereocenters. The summed E-state index contributed by atoms with van der Waals surface area (Å²) in [7, 11) is 1.49. The second kappa shape index (κ2) is 4.98. The normalized spacial score (nSPS) is 23.0. The summed E-state index contributed by atoms with van der Waals surface area (Å²) in [5.74, 6) is -2.01. The van der Waals surface area contributed by atoms with Crippen molar-refractivity contribution in [2.75, 3.05) is 12.4 Å². The van der Waals surface area contributed by atoms with Gasteiger partial charge in [-0.25, -0.2) is 0 Å². The van der Waals surface area contributed by atoms with Gasteiger partial charge in [-0.15, -0.1) is 0 Å². The number of amides is 1. The lowest BCUT2D eigenvalue weighted by Gasteiger charge is -2.11. The highest BCUT2D eigenvalue weighted by Gasteiger charge is 2.65. The zero-order chi connectivity index (χ0) is 15.1. The van der Waals surface area contributed by atoms with Gasteiger partial charge >= 0.3 is 5.97 Å². The minimum atomic E-state index is -0.951. The molecule has 2 rings (SSSR count). The van der Waals surface area contributed by atoms with Gasteiger partial charge in [0.25, 0.3) is 0 Å². The van der Waals surface area contributed by atoms with Gasteiger partial charge in [0.1, 0.15) is 5.75 Å². The number of halogens is 1. The van der Waals surface area contributed by atoms with Crippen molar-refractivity contribution in [3.8, 4) is 5.75 Å². The molecule has 1 aliphatic rings. The summed E-state index contributed by atoms with van der Waals surface area (Å²) < 4.78 is 5.14. The third-order valence-corrected chi connectivity index (χ3v) is 4.03. The van der Waals surface area contributed by atoms with Gasteiger partial charge in [-0.05, 0) is 23.6 Å². The fraction of sp³-hybridized carbons (Fsp3) is 0.429.